The zero-order chi connectivity index (χ0) is 15.8. The highest BCUT2D eigenvalue weighted by Crippen LogP contribution is 2.15. The second-order valence-electron chi connectivity index (χ2n) is 5.15. The standard InChI is InChI=1S/C19H21NO2/c1-15-6-5-8-17(14-15)10-11-19(21)20-12-13-22-18-9-4-3-7-16(18)2/h3-11,14H,12-13H2,1-2H3,(H,20,21)/b11-10+. The fourth-order valence-corrected chi connectivity index (χ4v) is 2.06. The molecule has 0 unspecified atom stereocenters. The van der Waals surface area contributed by atoms with Crippen LogP contribution in [-0.2, 0) is 4.79 Å². The lowest BCUT2D eigenvalue weighted by Crippen LogP contribution is -2.26. The molecule has 0 aliphatic carbocycles. The van der Waals surface area contributed by atoms with Crippen LogP contribution >= 0.6 is 0 Å². The molecule has 0 aromatic heterocycles. The van der Waals surface area contributed by atoms with E-state index in [1.807, 2.05) is 68.5 Å². The molecule has 0 aliphatic rings. The van der Waals surface area contributed by atoms with Crippen LogP contribution in [0.4, 0.5) is 0 Å². The largest absolute Gasteiger partial charge is 0.491 e. The van der Waals surface area contributed by atoms with Crippen molar-refractivity contribution in [1.29, 1.82) is 0 Å². The summed E-state index contributed by atoms with van der Waals surface area (Å²) in [5, 5.41) is 2.81. The molecule has 1 N–H and O–H groups in total. The van der Waals surface area contributed by atoms with E-state index < -0.39 is 0 Å². The monoisotopic (exact) mass is 295 g/mol. The Morgan fingerprint density at radius 2 is 1.95 bits per heavy atom. The molecule has 0 bridgehead atoms. The summed E-state index contributed by atoms with van der Waals surface area (Å²) in [6.45, 7) is 4.96. The third-order valence-electron chi connectivity index (χ3n) is 3.22. The zero-order valence-electron chi connectivity index (χ0n) is 13.0. The van der Waals surface area contributed by atoms with Gasteiger partial charge in [0.2, 0.25) is 5.91 Å². The maximum atomic E-state index is 11.7. The molecule has 0 saturated heterocycles. The minimum atomic E-state index is -0.116. The van der Waals surface area contributed by atoms with Crippen molar-refractivity contribution in [1.82, 2.24) is 5.32 Å². The number of aryl methyl sites for hydroxylation is 2. The van der Waals surface area contributed by atoms with Crippen LogP contribution in [0.25, 0.3) is 6.08 Å². The van der Waals surface area contributed by atoms with Gasteiger partial charge in [-0.15, -0.1) is 0 Å². The molecular formula is C19H21NO2. The molecule has 0 saturated carbocycles. The SMILES string of the molecule is Cc1cccc(/C=C/C(=O)NCCOc2ccccc2C)c1. The molecule has 2 aromatic carbocycles. The summed E-state index contributed by atoms with van der Waals surface area (Å²) in [5.41, 5.74) is 3.29. The first kappa shape index (κ1) is 15.8. The number of hydrogen-bond donors (Lipinski definition) is 1. The number of hydrogen-bond acceptors (Lipinski definition) is 2. The first-order valence-electron chi connectivity index (χ1n) is 7.36. The van der Waals surface area contributed by atoms with Gasteiger partial charge in [0.25, 0.3) is 0 Å². The molecule has 2 aromatic rings. The Kier molecular flexibility index (Phi) is 5.78. The molecule has 0 aliphatic heterocycles. The Balaban J connectivity index is 1.73. The minimum absolute atomic E-state index is 0.116. The van der Waals surface area contributed by atoms with Crippen molar-refractivity contribution in [2.24, 2.45) is 0 Å². The Labute approximate surface area is 131 Å². The lowest BCUT2D eigenvalue weighted by atomic mass is 10.1. The molecule has 0 spiro atoms. The van der Waals surface area contributed by atoms with Gasteiger partial charge < -0.3 is 10.1 Å². The quantitative estimate of drug-likeness (QED) is 0.654. The predicted octanol–water partition coefficient (Wildman–Crippen LogP) is 3.51. The fraction of sp³-hybridized carbons (Fsp3) is 0.211. The maximum absolute atomic E-state index is 11.7. The van der Waals surface area contributed by atoms with Gasteiger partial charge in [-0.1, -0.05) is 48.0 Å². The van der Waals surface area contributed by atoms with E-state index in [4.69, 9.17) is 4.74 Å². The number of benzene rings is 2. The molecule has 3 nitrogen and oxygen atoms in total. The summed E-state index contributed by atoms with van der Waals surface area (Å²) in [4.78, 5) is 11.7. The van der Waals surface area contributed by atoms with Crippen molar-refractivity contribution in [2.45, 2.75) is 13.8 Å². The molecule has 0 heterocycles. The number of para-hydroxylation sites is 1. The van der Waals surface area contributed by atoms with Crippen molar-refractivity contribution < 1.29 is 9.53 Å². The summed E-state index contributed by atoms with van der Waals surface area (Å²) in [5.74, 6) is 0.738. The van der Waals surface area contributed by atoms with Gasteiger partial charge in [-0.05, 0) is 37.1 Å². The van der Waals surface area contributed by atoms with E-state index in [9.17, 15) is 4.79 Å². The number of ether oxygens (including phenoxy) is 1. The molecule has 0 fully saturated rings. The summed E-state index contributed by atoms with van der Waals surface area (Å²) in [6, 6.07) is 15.8. The molecule has 3 heteroatoms. The number of carbonyl (C=O) groups excluding carboxylic acids is 1. The Bertz CT molecular complexity index is 662. The van der Waals surface area contributed by atoms with Crippen molar-refractivity contribution in [2.75, 3.05) is 13.2 Å². The Hall–Kier alpha value is -2.55. The molecule has 2 rings (SSSR count). The van der Waals surface area contributed by atoms with Crippen molar-refractivity contribution in [3.8, 4) is 5.75 Å². The number of rotatable bonds is 6. The zero-order valence-corrected chi connectivity index (χ0v) is 13.0. The summed E-state index contributed by atoms with van der Waals surface area (Å²) >= 11 is 0. The molecule has 0 radical (unpaired) electrons. The lowest BCUT2D eigenvalue weighted by Gasteiger charge is -2.08. The second-order valence-corrected chi connectivity index (χ2v) is 5.15. The summed E-state index contributed by atoms with van der Waals surface area (Å²) < 4.78 is 5.63. The molecule has 1 amide bonds. The average molecular weight is 295 g/mol. The maximum Gasteiger partial charge on any atom is 0.244 e. The molecule has 114 valence electrons. The van der Waals surface area contributed by atoms with Gasteiger partial charge in [-0.3, -0.25) is 4.79 Å². The highest BCUT2D eigenvalue weighted by atomic mass is 16.5. The molecule has 22 heavy (non-hydrogen) atoms. The third-order valence-corrected chi connectivity index (χ3v) is 3.22. The van der Waals surface area contributed by atoms with Crippen LogP contribution < -0.4 is 10.1 Å². The summed E-state index contributed by atoms with van der Waals surface area (Å²) in [6.07, 6.45) is 3.35. The predicted molar refractivity (Wildman–Crippen MR) is 89.9 cm³/mol. The van der Waals surface area contributed by atoms with Crippen LogP contribution in [0.15, 0.2) is 54.6 Å². The van der Waals surface area contributed by atoms with Crippen LogP contribution in [0.5, 0.6) is 5.75 Å². The first-order valence-corrected chi connectivity index (χ1v) is 7.36. The first-order chi connectivity index (χ1) is 10.6. The van der Waals surface area contributed by atoms with E-state index in [0.717, 1.165) is 16.9 Å². The average Bonchev–Trinajstić information content (AvgIpc) is 2.51. The van der Waals surface area contributed by atoms with Gasteiger partial charge in [-0.25, -0.2) is 0 Å². The fourth-order valence-electron chi connectivity index (χ4n) is 2.06. The number of carbonyl (C=O) groups is 1. The van der Waals surface area contributed by atoms with E-state index >= 15 is 0 Å². The van der Waals surface area contributed by atoms with Crippen LogP contribution in [0.2, 0.25) is 0 Å². The van der Waals surface area contributed by atoms with Crippen LogP contribution in [0, 0.1) is 13.8 Å². The van der Waals surface area contributed by atoms with E-state index in [1.165, 1.54) is 5.56 Å². The van der Waals surface area contributed by atoms with Gasteiger partial charge in [-0.2, -0.15) is 0 Å². The third kappa shape index (κ3) is 5.09. The van der Waals surface area contributed by atoms with Crippen LogP contribution in [0.3, 0.4) is 0 Å². The Morgan fingerprint density at radius 3 is 2.73 bits per heavy atom. The van der Waals surface area contributed by atoms with E-state index in [0.29, 0.717) is 13.2 Å². The van der Waals surface area contributed by atoms with Crippen LogP contribution in [0.1, 0.15) is 16.7 Å². The van der Waals surface area contributed by atoms with Crippen molar-refractivity contribution >= 4 is 12.0 Å². The van der Waals surface area contributed by atoms with Crippen LogP contribution in [-0.4, -0.2) is 19.1 Å². The molecule has 0 atom stereocenters. The van der Waals surface area contributed by atoms with Gasteiger partial charge in [0.15, 0.2) is 0 Å². The van der Waals surface area contributed by atoms with E-state index in [2.05, 4.69) is 5.32 Å². The summed E-state index contributed by atoms with van der Waals surface area (Å²) in [7, 11) is 0. The highest BCUT2D eigenvalue weighted by Gasteiger charge is 1.98. The van der Waals surface area contributed by atoms with Gasteiger partial charge in [0, 0.05) is 6.08 Å². The minimum Gasteiger partial charge on any atom is -0.491 e. The smallest absolute Gasteiger partial charge is 0.244 e. The Morgan fingerprint density at radius 1 is 1.14 bits per heavy atom. The normalized spacial score (nSPS) is 10.6. The highest BCUT2D eigenvalue weighted by molar-refractivity contribution is 5.91. The van der Waals surface area contributed by atoms with Crippen molar-refractivity contribution in [3.05, 3.63) is 71.3 Å². The molecular weight excluding hydrogens is 274 g/mol. The van der Waals surface area contributed by atoms with E-state index in [1.54, 1.807) is 6.08 Å². The van der Waals surface area contributed by atoms with Gasteiger partial charge >= 0.3 is 0 Å². The van der Waals surface area contributed by atoms with Gasteiger partial charge in [0.1, 0.15) is 12.4 Å². The topological polar surface area (TPSA) is 38.3 Å². The second kappa shape index (κ2) is 8.03. The number of amides is 1. The lowest BCUT2D eigenvalue weighted by molar-refractivity contribution is -0.116. The number of nitrogens with one attached hydrogen (secondary N) is 1. The van der Waals surface area contributed by atoms with Gasteiger partial charge in [0.05, 0.1) is 6.54 Å². The van der Waals surface area contributed by atoms with Crippen molar-refractivity contribution in [3.63, 3.8) is 0 Å². The van der Waals surface area contributed by atoms with E-state index in [-0.39, 0.29) is 5.91 Å².